The van der Waals surface area contributed by atoms with E-state index in [9.17, 15) is 4.79 Å². The second-order valence-electron chi connectivity index (χ2n) is 6.80. The number of rotatable bonds is 4. The molecule has 0 saturated carbocycles. The van der Waals surface area contributed by atoms with E-state index >= 15 is 0 Å². The van der Waals surface area contributed by atoms with Crippen molar-refractivity contribution in [2.75, 3.05) is 0 Å². The first kappa shape index (κ1) is 20.8. The fourth-order valence-corrected chi connectivity index (χ4v) is 3.53. The zero-order valence-corrected chi connectivity index (χ0v) is 18.0. The number of hydrogen-bond acceptors (Lipinski definition) is 3. The third-order valence-corrected chi connectivity index (χ3v) is 5.27. The smallest absolute Gasteiger partial charge is 0.270 e. The molecule has 4 rings (SSSR count). The molecule has 0 unspecified atom stereocenters. The Labute approximate surface area is 190 Å². The molecule has 1 heterocycles. The van der Waals surface area contributed by atoms with Gasteiger partial charge in [-0.25, -0.2) is 4.98 Å². The summed E-state index contributed by atoms with van der Waals surface area (Å²) in [6.45, 7) is 0.553. The van der Waals surface area contributed by atoms with Crippen LogP contribution in [0.1, 0.15) is 15.9 Å². The van der Waals surface area contributed by atoms with Crippen molar-refractivity contribution in [3.63, 3.8) is 0 Å². The third-order valence-electron chi connectivity index (χ3n) is 4.70. The maximum Gasteiger partial charge on any atom is 0.270 e. The second-order valence-corrected chi connectivity index (χ2v) is 7.61. The largest absolute Gasteiger partial charge is 0.357 e. The summed E-state index contributed by atoms with van der Waals surface area (Å²) < 4.78 is 0. The Balaban J connectivity index is 1.53. The van der Waals surface area contributed by atoms with E-state index in [4.69, 9.17) is 23.8 Å². The van der Waals surface area contributed by atoms with E-state index < -0.39 is 0 Å². The van der Waals surface area contributed by atoms with E-state index in [2.05, 4.69) is 21.2 Å². The van der Waals surface area contributed by atoms with Crippen molar-refractivity contribution in [2.45, 2.75) is 6.54 Å². The number of carbonyl (C=O) groups is 1. The quantitative estimate of drug-likeness (QED) is 0.308. The number of nitrogens with zero attached hydrogens (tertiary/aromatic N) is 1. The van der Waals surface area contributed by atoms with Gasteiger partial charge in [-0.05, 0) is 36.0 Å². The van der Waals surface area contributed by atoms with Crippen molar-refractivity contribution >= 4 is 45.7 Å². The zero-order chi connectivity index (χ0) is 21.6. The van der Waals surface area contributed by atoms with E-state index in [0.29, 0.717) is 33.5 Å². The number of hydrogen-bond donors (Lipinski definition) is 3. The number of aromatic nitrogens is 1. The van der Waals surface area contributed by atoms with E-state index in [-0.39, 0.29) is 5.91 Å². The highest BCUT2D eigenvalue weighted by Crippen LogP contribution is 2.29. The number of nitrogens with one attached hydrogen (secondary N) is 3. The van der Waals surface area contributed by atoms with Crippen LogP contribution in [-0.4, -0.2) is 16.0 Å². The molecule has 4 aromatic rings. The van der Waals surface area contributed by atoms with Crippen LogP contribution in [0, 0.1) is 0 Å². The number of hydrazine groups is 1. The minimum atomic E-state index is -0.323. The fraction of sp³-hybridized carbons (Fsp3) is 0.0417. The van der Waals surface area contributed by atoms with Gasteiger partial charge in [-0.2, -0.15) is 0 Å². The summed E-state index contributed by atoms with van der Waals surface area (Å²) in [5, 5.41) is 4.69. The minimum absolute atomic E-state index is 0.321. The number of pyridine rings is 1. The summed E-state index contributed by atoms with van der Waals surface area (Å²) in [6.07, 6.45) is 0. The van der Waals surface area contributed by atoms with Crippen LogP contribution >= 0.6 is 23.8 Å². The summed E-state index contributed by atoms with van der Waals surface area (Å²) in [6, 6.07) is 26.5. The molecule has 0 aliphatic heterocycles. The van der Waals surface area contributed by atoms with Gasteiger partial charge in [0.1, 0.15) is 0 Å². The Morgan fingerprint density at radius 2 is 1.61 bits per heavy atom. The molecule has 3 N–H and O–H groups in total. The van der Waals surface area contributed by atoms with Gasteiger partial charge in [0, 0.05) is 22.5 Å². The van der Waals surface area contributed by atoms with Crippen LogP contribution in [-0.2, 0) is 6.54 Å². The molecule has 0 aliphatic carbocycles. The van der Waals surface area contributed by atoms with Gasteiger partial charge >= 0.3 is 0 Å². The number of fused-ring (bicyclic) bond motifs is 1. The lowest BCUT2D eigenvalue weighted by molar-refractivity contribution is 0.0945. The predicted molar refractivity (Wildman–Crippen MR) is 129 cm³/mol. The van der Waals surface area contributed by atoms with Crippen molar-refractivity contribution in [1.29, 1.82) is 0 Å². The lowest BCUT2D eigenvalue weighted by Crippen LogP contribution is -2.46. The molecule has 7 heteroatoms. The van der Waals surface area contributed by atoms with Gasteiger partial charge < -0.3 is 5.32 Å². The fourth-order valence-electron chi connectivity index (χ4n) is 3.17. The highest BCUT2D eigenvalue weighted by molar-refractivity contribution is 7.80. The van der Waals surface area contributed by atoms with Crippen molar-refractivity contribution in [3.8, 4) is 11.3 Å². The molecule has 31 heavy (non-hydrogen) atoms. The summed E-state index contributed by atoms with van der Waals surface area (Å²) in [4.78, 5) is 17.7. The lowest BCUT2D eigenvalue weighted by atomic mass is 10.0. The first-order chi connectivity index (χ1) is 15.1. The van der Waals surface area contributed by atoms with Gasteiger partial charge in [0.15, 0.2) is 5.11 Å². The predicted octanol–water partition coefficient (Wildman–Crippen LogP) is 4.86. The van der Waals surface area contributed by atoms with Gasteiger partial charge in [0.05, 0.1) is 16.8 Å². The molecule has 0 radical (unpaired) electrons. The molecule has 1 aromatic heterocycles. The van der Waals surface area contributed by atoms with Crippen LogP contribution < -0.4 is 16.2 Å². The third kappa shape index (κ3) is 4.99. The van der Waals surface area contributed by atoms with Crippen molar-refractivity contribution < 1.29 is 4.79 Å². The molecule has 0 spiro atoms. The Kier molecular flexibility index (Phi) is 6.40. The number of para-hydroxylation sites is 1. The van der Waals surface area contributed by atoms with E-state index in [1.54, 1.807) is 12.1 Å². The minimum Gasteiger partial charge on any atom is -0.357 e. The van der Waals surface area contributed by atoms with Crippen molar-refractivity contribution in [1.82, 2.24) is 21.2 Å². The molecule has 1 amide bonds. The van der Waals surface area contributed by atoms with Crippen LogP contribution in [0.4, 0.5) is 0 Å². The standard InChI is InChI=1S/C24H19ClN4OS/c25-20-12-6-4-11-18(20)22-14-19(17-10-5-7-13-21(17)27-22)23(30)28-29-24(31)26-15-16-8-2-1-3-9-16/h1-14H,15H2,(H,28,30)(H2,26,29,31). The maximum atomic E-state index is 13.0. The average Bonchev–Trinajstić information content (AvgIpc) is 2.81. The van der Waals surface area contributed by atoms with Gasteiger partial charge in [-0.1, -0.05) is 78.3 Å². The Hall–Kier alpha value is -3.48. The topological polar surface area (TPSA) is 66.1 Å². The van der Waals surface area contributed by atoms with E-state index in [1.807, 2.05) is 72.8 Å². The molecule has 3 aromatic carbocycles. The Morgan fingerprint density at radius 1 is 0.903 bits per heavy atom. The molecule has 0 bridgehead atoms. The van der Waals surface area contributed by atoms with Gasteiger partial charge in [0.25, 0.3) is 5.91 Å². The average molecular weight is 447 g/mol. The van der Waals surface area contributed by atoms with Crippen LogP contribution in [0.5, 0.6) is 0 Å². The number of carbonyl (C=O) groups excluding carboxylic acids is 1. The number of halogens is 1. The van der Waals surface area contributed by atoms with Crippen molar-refractivity contribution in [2.24, 2.45) is 0 Å². The first-order valence-corrected chi connectivity index (χ1v) is 10.4. The van der Waals surface area contributed by atoms with Crippen molar-refractivity contribution in [3.05, 3.63) is 101 Å². The normalized spacial score (nSPS) is 10.5. The summed E-state index contributed by atoms with van der Waals surface area (Å²) in [5.74, 6) is -0.323. The van der Waals surface area contributed by atoms with E-state index in [0.717, 1.165) is 16.5 Å². The monoisotopic (exact) mass is 446 g/mol. The second kappa shape index (κ2) is 9.55. The number of thiocarbonyl (C=S) groups is 1. The van der Waals surface area contributed by atoms with Gasteiger partial charge in [-0.15, -0.1) is 0 Å². The molecule has 0 saturated heterocycles. The Bertz CT molecular complexity index is 1250. The van der Waals surface area contributed by atoms with Gasteiger partial charge in [-0.3, -0.25) is 15.6 Å². The molecule has 0 aliphatic rings. The summed E-state index contributed by atoms with van der Waals surface area (Å²) in [7, 11) is 0. The zero-order valence-electron chi connectivity index (χ0n) is 16.4. The van der Waals surface area contributed by atoms with Crippen LogP contribution in [0.3, 0.4) is 0 Å². The molecule has 154 valence electrons. The lowest BCUT2D eigenvalue weighted by Gasteiger charge is -2.14. The number of amides is 1. The SMILES string of the molecule is O=C(NNC(=S)NCc1ccccc1)c1cc(-c2ccccc2Cl)nc2ccccc12. The molecule has 0 atom stereocenters. The highest BCUT2D eigenvalue weighted by Gasteiger charge is 2.15. The molecule has 5 nitrogen and oxygen atoms in total. The van der Waals surface area contributed by atoms with Crippen LogP contribution in [0.25, 0.3) is 22.2 Å². The summed E-state index contributed by atoms with van der Waals surface area (Å²) >= 11 is 11.6. The van der Waals surface area contributed by atoms with Gasteiger partial charge in [0.2, 0.25) is 0 Å². The molecular formula is C24H19ClN4OS. The molecule has 0 fully saturated rings. The number of benzene rings is 3. The summed E-state index contributed by atoms with van der Waals surface area (Å²) in [5.41, 5.74) is 9.07. The first-order valence-electron chi connectivity index (χ1n) is 9.64. The van der Waals surface area contributed by atoms with Crippen LogP contribution in [0.15, 0.2) is 84.9 Å². The molecular weight excluding hydrogens is 428 g/mol. The highest BCUT2D eigenvalue weighted by atomic mass is 35.5. The Morgan fingerprint density at radius 3 is 2.42 bits per heavy atom. The maximum absolute atomic E-state index is 13.0. The van der Waals surface area contributed by atoms with E-state index in [1.165, 1.54) is 0 Å². The van der Waals surface area contributed by atoms with Crippen LogP contribution in [0.2, 0.25) is 5.02 Å².